The molecule has 0 bridgehead atoms. The highest BCUT2D eigenvalue weighted by Gasteiger charge is 2.39. The van der Waals surface area contributed by atoms with Crippen LogP contribution in [0.5, 0.6) is 0 Å². The summed E-state index contributed by atoms with van der Waals surface area (Å²) in [5.41, 5.74) is 2.51. The molecule has 2 aliphatic rings. The second-order valence-electron chi connectivity index (χ2n) is 7.53. The lowest BCUT2D eigenvalue weighted by atomic mass is 10.1. The van der Waals surface area contributed by atoms with Crippen LogP contribution in [0.25, 0.3) is 0 Å². The van der Waals surface area contributed by atoms with Crippen molar-refractivity contribution in [3.63, 3.8) is 0 Å². The monoisotopic (exact) mass is 370 g/mol. The van der Waals surface area contributed by atoms with E-state index in [1.54, 1.807) is 7.11 Å². The minimum Gasteiger partial charge on any atom is -0.390 e. The summed E-state index contributed by atoms with van der Waals surface area (Å²) in [5, 5.41) is 26.8. The van der Waals surface area contributed by atoms with Crippen LogP contribution in [0.3, 0.4) is 0 Å². The Morgan fingerprint density at radius 2 is 1.81 bits per heavy atom. The number of methoxy groups -OCH3 is 1. The van der Waals surface area contributed by atoms with E-state index in [9.17, 15) is 10.2 Å². The van der Waals surface area contributed by atoms with Crippen LogP contribution in [0.4, 0.5) is 11.6 Å². The lowest BCUT2D eigenvalue weighted by Gasteiger charge is -2.22. The maximum absolute atomic E-state index is 10.2. The number of nitrogens with zero attached hydrogens (tertiary/aromatic N) is 2. The minimum atomic E-state index is -0.800. The van der Waals surface area contributed by atoms with E-state index in [1.165, 1.54) is 17.5 Å². The van der Waals surface area contributed by atoms with Crippen LogP contribution in [0, 0.1) is 5.92 Å². The molecule has 0 unspecified atom stereocenters. The first kappa shape index (κ1) is 18.2. The molecule has 0 radical (unpaired) electrons. The summed E-state index contributed by atoms with van der Waals surface area (Å²) in [5.74, 6) is 1.37. The summed E-state index contributed by atoms with van der Waals surface area (Å²) < 4.78 is 5.67. The summed E-state index contributed by atoms with van der Waals surface area (Å²) in [7, 11) is 1.73. The molecule has 2 aromatic rings. The molecule has 1 heterocycles. The largest absolute Gasteiger partial charge is 0.390 e. The molecule has 7 heteroatoms. The lowest BCUT2D eigenvalue weighted by Crippen LogP contribution is -2.35. The van der Waals surface area contributed by atoms with Gasteiger partial charge in [0.2, 0.25) is 0 Å². The number of benzene rings is 1. The number of hydrogen-bond acceptors (Lipinski definition) is 7. The Hall–Kier alpha value is -2.22. The number of nitrogens with one attached hydrogen (secondary N) is 2. The molecule has 27 heavy (non-hydrogen) atoms. The molecular weight excluding hydrogens is 344 g/mol. The number of aliphatic hydroxyl groups is 2. The van der Waals surface area contributed by atoms with Crippen LogP contribution in [-0.2, 0) is 11.2 Å². The van der Waals surface area contributed by atoms with Crippen molar-refractivity contribution < 1.29 is 14.9 Å². The maximum atomic E-state index is 10.2. The van der Waals surface area contributed by atoms with Gasteiger partial charge in [-0.05, 0) is 23.5 Å². The predicted octanol–water partition coefficient (Wildman–Crippen LogP) is 1.74. The Morgan fingerprint density at radius 1 is 1.07 bits per heavy atom. The van der Waals surface area contributed by atoms with E-state index in [4.69, 9.17) is 4.74 Å². The summed E-state index contributed by atoms with van der Waals surface area (Å²) in [4.78, 5) is 8.60. The molecule has 4 rings (SSSR count). The molecule has 1 fully saturated rings. The molecule has 0 amide bonds. The summed E-state index contributed by atoms with van der Waals surface area (Å²) in [6.07, 6.45) is 1.59. The van der Waals surface area contributed by atoms with Crippen LogP contribution < -0.4 is 10.6 Å². The van der Waals surface area contributed by atoms with Crippen LogP contribution in [0.1, 0.15) is 30.5 Å². The van der Waals surface area contributed by atoms with E-state index in [0.29, 0.717) is 18.1 Å². The highest BCUT2D eigenvalue weighted by molar-refractivity contribution is 5.51. The van der Waals surface area contributed by atoms with Crippen molar-refractivity contribution in [1.82, 2.24) is 9.97 Å². The second-order valence-corrected chi connectivity index (χ2v) is 7.53. The Balaban J connectivity index is 1.50. The number of hydrogen-bond donors (Lipinski definition) is 4. The Bertz CT molecular complexity index is 802. The molecule has 1 aromatic heterocycles. The predicted molar refractivity (Wildman–Crippen MR) is 103 cm³/mol. The van der Waals surface area contributed by atoms with Crippen molar-refractivity contribution in [2.24, 2.45) is 5.92 Å². The number of rotatable bonds is 5. The highest BCUT2D eigenvalue weighted by Crippen LogP contribution is 2.35. The van der Waals surface area contributed by atoms with E-state index in [-0.39, 0.29) is 24.1 Å². The average Bonchev–Trinajstić information content (AvgIpc) is 3.15. The molecule has 1 saturated carbocycles. The standard InChI is InChI=1S/C20H26N4O3/c1-11-7-14(20(26)19(11)25)23-16-9-17(22-10-21-16)24-18-13-6-4-3-5-12(13)8-15(18)27-2/h3-6,9-11,14-15,18-20,25-26H,7-8H2,1-2H3,(H2,21,22,23,24)/t11-,14-,15+,18-,19-,20+/m1/s1. The maximum Gasteiger partial charge on any atom is 0.132 e. The van der Waals surface area contributed by atoms with Gasteiger partial charge in [0.1, 0.15) is 24.1 Å². The minimum absolute atomic E-state index is 0.0212. The Labute approximate surface area is 158 Å². The van der Waals surface area contributed by atoms with Gasteiger partial charge in [-0.15, -0.1) is 0 Å². The van der Waals surface area contributed by atoms with E-state index in [0.717, 1.165) is 6.42 Å². The normalized spacial score (nSPS) is 32.3. The van der Waals surface area contributed by atoms with Crippen LogP contribution >= 0.6 is 0 Å². The third-order valence-corrected chi connectivity index (χ3v) is 5.76. The van der Waals surface area contributed by atoms with Gasteiger partial charge < -0.3 is 25.6 Å². The van der Waals surface area contributed by atoms with Gasteiger partial charge in [0.25, 0.3) is 0 Å². The van der Waals surface area contributed by atoms with Crippen LogP contribution in [0.2, 0.25) is 0 Å². The Morgan fingerprint density at radius 3 is 2.52 bits per heavy atom. The molecule has 4 N–H and O–H groups in total. The van der Waals surface area contributed by atoms with E-state index >= 15 is 0 Å². The van der Waals surface area contributed by atoms with Gasteiger partial charge in [0.05, 0.1) is 24.3 Å². The number of ether oxygens (including phenoxy) is 1. The molecular formula is C20H26N4O3. The average molecular weight is 370 g/mol. The fraction of sp³-hybridized carbons (Fsp3) is 0.500. The van der Waals surface area contributed by atoms with Gasteiger partial charge in [-0.3, -0.25) is 0 Å². The smallest absolute Gasteiger partial charge is 0.132 e. The third kappa shape index (κ3) is 3.50. The zero-order chi connectivity index (χ0) is 19.0. The number of aliphatic hydroxyl groups excluding tert-OH is 2. The van der Waals surface area contributed by atoms with Crippen molar-refractivity contribution in [3.05, 3.63) is 47.8 Å². The van der Waals surface area contributed by atoms with Crippen LogP contribution in [0.15, 0.2) is 36.7 Å². The summed E-state index contributed by atoms with van der Waals surface area (Å²) in [6.45, 7) is 1.94. The van der Waals surface area contributed by atoms with Crippen molar-refractivity contribution in [1.29, 1.82) is 0 Å². The van der Waals surface area contributed by atoms with E-state index in [1.807, 2.05) is 25.1 Å². The first-order chi connectivity index (χ1) is 13.1. The van der Waals surface area contributed by atoms with Crippen molar-refractivity contribution in [3.8, 4) is 0 Å². The molecule has 0 aliphatic heterocycles. The fourth-order valence-corrected chi connectivity index (χ4v) is 4.21. The summed E-state index contributed by atoms with van der Waals surface area (Å²) >= 11 is 0. The third-order valence-electron chi connectivity index (χ3n) is 5.76. The number of anilines is 2. The molecule has 6 atom stereocenters. The molecule has 2 aliphatic carbocycles. The topological polar surface area (TPSA) is 99.5 Å². The molecule has 0 saturated heterocycles. The lowest BCUT2D eigenvalue weighted by molar-refractivity contribution is 0.0210. The molecule has 0 spiro atoms. The van der Waals surface area contributed by atoms with Gasteiger partial charge in [-0.2, -0.15) is 0 Å². The van der Waals surface area contributed by atoms with Crippen molar-refractivity contribution in [2.45, 2.75) is 50.2 Å². The van der Waals surface area contributed by atoms with Crippen molar-refractivity contribution >= 4 is 11.6 Å². The van der Waals surface area contributed by atoms with Gasteiger partial charge in [-0.1, -0.05) is 31.2 Å². The fourth-order valence-electron chi connectivity index (χ4n) is 4.21. The highest BCUT2D eigenvalue weighted by atomic mass is 16.5. The van der Waals surface area contributed by atoms with Crippen LogP contribution in [-0.4, -0.2) is 51.6 Å². The molecule has 1 aromatic carbocycles. The number of aromatic nitrogens is 2. The summed E-state index contributed by atoms with van der Waals surface area (Å²) in [6, 6.07) is 9.95. The van der Waals surface area contributed by atoms with Gasteiger partial charge in [0, 0.05) is 19.6 Å². The van der Waals surface area contributed by atoms with Crippen molar-refractivity contribution in [2.75, 3.05) is 17.7 Å². The first-order valence-corrected chi connectivity index (χ1v) is 9.38. The van der Waals surface area contributed by atoms with E-state index in [2.05, 4.69) is 32.7 Å². The first-order valence-electron chi connectivity index (χ1n) is 9.38. The zero-order valence-corrected chi connectivity index (χ0v) is 15.5. The quantitative estimate of drug-likeness (QED) is 0.636. The van der Waals surface area contributed by atoms with Gasteiger partial charge in [-0.25, -0.2) is 9.97 Å². The van der Waals surface area contributed by atoms with Gasteiger partial charge in [0.15, 0.2) is 0 Å². The van der Waals surface area contributed by atoms with E-state index < -0.39 is 12.2 Å². The molecule has 144 valence electrons. The second kappa shape index (κ2) is 7.42. The SMILES string of the molecule is CO[C@H]1Cc2ccccc2[C@H]1Nc1cc(N[C@@H]2C[C@@H](C)[C@@H](O)[C@H]2O)ncn1. The Kier molecular flexibility index (Phi) is 4.99. The van der Waals surface area contributed by atoms with Gasteiger partial charge >= 0.3 is 0 Å². The number of fused-ring (bicyclic) bond motifs is 1. The molecule has 7 nitrogen and oxygen atoms in total. The zero-order valence-electron chi connectivity index (χ0n) is 15.5.